The fourth-order valence-electron chi connectivity index (χ4n) is 1.87. The SMILES string of the molecule is CCOC(=O)C(CO)(CCC(C)(C)[Si](C)(C)O)C(=O)OCC. The lowest BCUT2D eigenvalue weighted by atomic mass is 9.81. The largest absolute Gasteiger partial charge is 0.465 e. The van der Waals surface area contributed by atoms with Crippen LogP contribution in [0.25, 0.3) is 0 Å². The zero-order chi connectivity index (χ0) is 17.6. The van der Waals surface area contributed by atoms with E-state index in [4.69, 9.17) is 9.47 Å². The lowest BCUT2D eigenvalue weighted by Gasteiger charge is -2.37. The topological polar surface area (TPSA) is 93.1 Å². The van der Waals surface area contributed by atoms with E-state index in [-0.39, 0.29) is 19.6 Å². The lowest BCUT2D eigenvalue weighted by molar-refractivity contribution is -0.176. The highest BCUT2D eigenvalue weighted by atomic mass is 28.4. The van der Waals surface area contributed by atoms with E-state index in [1.54, 1.807) is 13.8 Å². The van der Waals surface area contributed by atoms with Gasteiger partial charge in [0, 0.05) is 0 Å². The molecule has 130 valence electrons. The molecule has 0 atom stereocenters. The van der Waals surface area contributed by atoms with Crippen LogP contribution in [0.5, 0.6) is 0 Å². The Morgan fingerprint density at radius 3 is 1.68 bits per heavy atom. The number of hydrogen-bond donors (Lipinski definition) is 2. The van der Waals surface area contributed by atoms with E-state index in [0.29, 0.717) is 6.42 Å². The monoisotopic (exact) mass is 334 g/mol. The average molecular weight is 334 g/mol. The molecule has 0 bridgehead atoms. The number of aliphatic hydroxyl groups is 1. The molecule has 0 radical (unpaired) electrons. The molecule has 0 aromatic heterocycles. The van der Waals surface area contributed by atoms with Gasteiger partial charge >= 0.3 is 11.9 Å². The Kier molecular flexibility index (Phi) is 7.74. The number of esters is 2. The lowest BCUT2D eigenvalue weighted by Crippen LogP contribution is -2.47. The molecule has 6 nitrogen and oxygen atoms in total. The predicted octanol–water partition coefficient (Wildman–Crippen LogP) is 1.85. The van der Waals surface area contributed by atoms with Gasteiger partial charge in [-0.05, 0) is 44.8 Å². The minimum atomic E-state index is -2.49. The van der Waals surface area contributed by atoms with Gasteiger partial charge in [0.15, 0.2) is 13.7 Å². The van der Waals surface area contributed by atoms with E-state index in [0.717, 1.165) is 0 Å². The highest BCUT2D eigenvalue weighted by Crippen LogP contribution is 2.43. The molecule has 0 saturated heterocycles. The normalized spacial score (nSPS) is 12.9. The fraction of sp³-hybridized carbons (Fsp3) is 0.867. The summed E-state index contributed by atoms with van der Waals surface area (Å²) in [6.45, 7) is 10.2. The maximum Gasteiger partial charge on any atom is 0.325 e. The Morgan fingerprint density at radius 2 is 1.41 bits per heavy atom. The standard InChI is InChI=1S/C15H30O6Si/c1-7-20-12(17)15(11-16,13(18)21-8-2)10-9-14(3,4)22(5,6)19/h16,19H,7-11H2,1-6H3. The van der Waals surface area contributed by atoms with Gasteiger partial charge in [-0.3, -0.25) is 9.59 Å². The number of ether oxygens (including phenoxy) is 2. The van der Waals surface area contributed by atoms with Crippen LogP contribution >= 0.6 is 0 Å². The van der Waals surface area contributed by atoms with Crippen LogP contribution in [0.3, 0.4) is 0 Å². The van der Waals surface area contributed by atoms with Gasteiger partial charge in [0.2, 0.25) is 0 Å². The van der Waals surface area contributed by atoms with Crippen LogP contribution in [0, 0.1) is 5.41 Å². The van der Waals surface area contributed by atoms with Gasteiger partial charge in [-0.25, -0.2) is 0 Å². The third-order valence-corrected chi connectivity index (χ3v) is 8.00. The Bertz CT molecular complexity index is 368. The molecule has 0 heterocycles. The van der Waals surface area contributed by atoms with Gasteiger partial charge in [-0.2, -0.15) is 0 Å². The molecule has 22 heavy (non-hydrogen) atoms. The second-order valence-corrected chi connectivity index (χ2v) is 11.1. The van der Waals surface area contributed by atoms with E-state index >= 15 is 0 Å². The molecule has 0 fully saturated rings. The third-order valence-electron chi connectivity index (χ3n) is 4.44. The van der Waals surface area contributed by atoms with Crippen molar-refractivity contribution in [1.29, 1.82) is 0 Å². The van der Waals surface area contributed by atoms with Crippen LogP contribution in [0.2, 0.25) is 18.1 Å². The van der Waals surface area contributed by atoms with Crippen LogP contribution in [-0.4, -0.2) is 50.0 Å². The smallest absolute Gasteiger partial charge is 0.325 e. The van der Waals surface area contributed by atoms with Crippen LogP contribution in [0.15, 0.2) is 0 Å². The summed E-state index contributed by atoms with van der Waals surface area (Å²) in [6, 6.07) is 0. The van der Waals surface area contributed by atoms with Gasteiger partial charge < -0.3 is 19.4 Å². The van der Waals surface area contributed by atoms with Crippen molar-refractivity contribution in [2.45, 2.75) is 58.7 Å². The van der Waals surface area contributed by atoms with E-state index in [1.807, 2.05) is 26.9 Å². The Hall–Kier alpha value is -0.923. The van der Waals surface area contributed by atoms with Crippen molar-refractivity contribution >= 4 is 20.3 Å². The highest BCUT2D eigenvalue weighted by molar-refractivity contribution is 6.72. The summed E-state index contributed by atoms with van der Waals surface area (Å²) in [5.41, 5.74) is -1.72. The number of carbonyl (C=O) groups is 2. The quantitative estimate of drug-likeness (QED) is 0.380. The minimum Gasteiger partial charge on any atom is -0.465 e. The first-order valence-electron chi connectivity index (χ1n) is 7.66. The van der Waals surface area contributed by atoms with Crippen molar-refractivity contribution in [1.82, 2.24) is 0 Å². The van der Waals surface area contributed by atoms with Crippen LogP contribution in [0.1, 0.15) is 40.5 Å². The maximum absolute atomic E-state index is 12.2. The second-order valence-electron chi connectivity index (χ2n) is 6.62. The summed E-state index contributed by atoms with van der Waals surface area (Å²) >= 11 is 0. The highest BCUT2D eigenvalue weighted by Gasteiger charge is 2.50. The predicted molar refractivity (Wildman–Crippen MR) is 85.8 cm³/mol. The summed E-state index contributed by atoms with van der Waals surface area (Å²) in [6.07, 6.45) is 0.478. The number of rotatable bonds is 9. The minimum absolute atomic E-state index is 0.0746. The van der Waals surface area contributed by atoms with E-state index < -0.39 is 37.3 Å². The van der Waals surface area contributed by atoms with E-state index in [9.17, 15) is 19.5 Å². The molecule has 0 aromatic rings. The van der Waals surface area contributed by atoms with Crippen molar-refractivity contribution in [3.05, 3.63) is 0 Å². The van der Waals surface area contributed by atoms with E-state index in [1.165, 1.54) is 0 Å². The Morgan fingerprint density at radius 1 is 1.00 bits per heavy atom. The van der Waals surface area contributed by atoms with Crippen molar-refractivity contribution in [2.24, 2.45) is 5.41 Å². The average Bonchev–Trinajstić information content (AvgIpc) is 2.39. The molecule has 0 unspecified atom stereocenters. The van der Waals surface area contributed by atoms with Crippen LogP contribution < -0.4 is 0 Å². The molecule has 0 rings (SSSR count). The number of aliphatic hydroxyl groups excluding tert-OH is 1. The Balaban J connectivity index is 5.41. The van der Waals surface area contributed by atoms with E-state index in [2.05, 4.69) is 0 Å². The summed E-state index contributed by atoms with van der Waals surface area (Å²) in [4.78, 5) is 34.8. The van der Waals surface area contributed by atoms with Gasteiger partial charge in [-0.1, -0.05) is 13.8 Å². The van der Waals surface area contributed by atoms with Crippen molar-refractivity contribution in [3.63, 3.8) is 0 Å². The summed E-state index contributed by atoms with van der Waals surface area (Å²) in [7, 11) is -2.49. The Labute approximate surface area is 133 Å². The number of carbonyl (C=O) groups excluding carboxylic acids is 2. The summed E-state index contributed by atoms with van der Waals surface area (Å²) in [5, 5.41) is 9.29. The van der Waals surface area contributed by atoms with Crippen molar-refractivity contribution < 1.29 is 29.0 Å². The summed E-state index contributed by atoms with van der Waals surface area (Å²) in [5.74, 6) is -1.55. The first kappa shape index (κ1) is 21.1. The molecule has 0 aliphatic carbocycles. The van der Waals surface area contributed by atoms with Gasteiger partial charge in [0.05, 0.1) is 19.8 Å². The van der Waals surface area contributed by atoms with Crippen molar-refractivity contribution in [2.75, 3.05) is 19.8 Å². The zero-order valence-electron chi connectivity index (χ0n) is 14.6. The fourth-order valence-corrected chi connectivity index (χ4v) is 2.60. The first-order valence-corrected chi connectivity index (χ1v) is 10.6. The molecule has 0 saturated carbocycles. The molecule has 0 spiro atoms. The molecule has 0 amide bonds. The molecule has 0 aliphatic heterocycles. The maximum atomic E-state index is 12.2. The van der Waals surface area contributed by atoms with Crippen LogP contribution in [0.4, 0.5) is 0 Å². The molecule has 7 heteroatoms. The summed E-state index contributed by atoms with van der Waals surface area (Å²) < 4.78 is 9.93. The van der Waals surface area contributed by atoms with Gasteiger partial charge in [0.1, 0.15) is 0 Å². The molecule has 0 aliphatic rings. The van der Waals surface area contributed by atoms with Crippen LogP contribution in [-0.2, 0) is 19.1 Å². The molecular formula is C15H30O6Si. The van der Waals surface area contributed by atoms with Gasteiger partial charge in [0.25, 0.3) is 0 Å². The third kappa shape index (κ3) is 4.79. The second kappa shape index (κ2) is 8.08. The molecule has 2 N–H and O–H groups in total. The van der Waals surface area contributed by atoms with Gasteiger partial charge in [-0.15, -0.1) is 0 Å². The molecular weight excluding hydrogens is 304 g/mol. The van der Waals surface area contributed by atoms with Crippen molar-refractivity contribution in [3.8, 4) is 0 Å². The number of hydrogen-bond acceptors (Lipinski definition) is 6. The molecule has 0 aromatic carbocycles. The first-order chi connectivity index (χ1) is 9.98. The zero-order valence-corrected chi connectivity index (χ0v) is 15.6.